The summed E-state index contributed by atoms with van der Waals surface area (Å²) < 4.78 is 10.9. The van der Waals surface area contributed by atoms with Crippen molar-refractivity contribution in [3.8, 4) is 11.5 Å². The Morgan fingerprint density at radius 2 is 1.88 bits per heavy atom. The van der Waals surface area contributed by atoms with Crippen molar-refractivity contribution in [1.29, 1.82) is 0 Å². The van der Waals surface area contributed by atoms with Gasteiger partial charge < -0.3 is 19.7 Å². The molecule has 1 amide bonds. The topological polar surface area (TPSA) is 79.8 Å². The Morgan fingerprint density at radius 1 is 1.12 bits per heavy atom. The van der Waals surface area contributed by atoms with Crippen molar-refractivity contribution < 1.29 is 14.3 Å². The van der Waals surface area contributed by atoms with E-state index in [2.05, 4.69) is 51.1 Å². The highest BCUT2D eigenvalue weighted by atomic mass is 35.5. The number of halogens is 1. The lowest BCUT2D eigenvalue weighted by atomic mass is 10.1. The molecule has 0 saturated carbocycles. The van der Waals surface area contributed by atoms with Crippen LogP contribution in [0.5, 0.6) is 11.5 Å². The van der Waals surface area contributed by atoms with Crippen molar-refractivity contribution in [1.82, 2.24) is 20.2 Å². The second kappa shape index (κ2) is 10.8. The van der Waals surface area contributed by atoms with Crippen LogP contribution in [0, 0.1) is 5.92 Å². The molecule has 1 aromatic heterocycles. The monoisotopic (exact) mass is 491 g/mol. The number of fused-ring (bicyclic) bond motifs is 1. The molecule has 0 aliphatic carbocycles. The summed E-state index contributed by atoms with van der Waals surface area (Å²) in [5, 5.41) is 3.91. The number of carbonyl (C=O) groups excluding carboxylic acids is 1. The molecule has 3 heterocycles. The summed E-state index contributed by atoms with van der Waals surface area (Å²) in [5.41, 5.74) is 1.21. The summed E-state index contributed by atoms with van der Waals surface area (Å²) in [6.45, 7) is 10.8. The average molecular weight is 492 g/mol. The molecule has 1 unspecified atom stereocenters. The van der Waals surface area contributed by atoms with Gasteiger partial charge in [-0.05, 0) is 30.5 Å². The van der Waals surface area contributed by atoms with Crippen molar-refractivity contribution in [2.45, 2.75) is 38.5 Å². The number of hydrogen-bond acceptors (Lipinski definition) is 8. The lowest BCUT2D eigenvalue weighted by molar-refractivity contribution is -0.119. The van der Waals surface area contributed by atoms with Crippen molar-refractivity contribution in [2.75, 3.05) is 43.6 Å². The zero-order valence-corrected chi connectivity index (χ0v) is 20.8. The molecule has 1 N–H and O–H groups in total. The molecule has 0 radical (unpaired) electrons. The standard InChI is InChI=1S/C23H30ClN5O3S/c1-15(2)16(3)25-22(30)13-33-23-26-20(24)11-21(27-23)29-8-6-28(7-9-29)12-17-4-5-18-19(10-17)32-14-31-18/h4-5,10-11,15-16H,6-9,12-14H2,1-3H3,(H,25,30). The number of nitrogens with zero attached hydrogens (tertiary/aromatic N) is 4. The van der Waals surface area contributed by atoms with Crippen molar-refractivity contribution in [3.63, 3.8) is 0 Å². The predicted octanol–water partition coefficient (Wildman–Crippen LogP) is 3.43. The van der Waals surface area contributed by atoms with Crippen LogP contribution in [0.2, 0.25) is 5.15 Å². The summed E-state index contributed by atoms with van der Waals surface area (Å²) in [6.07, 6.45) is 0. The van der Waals surface area contributed by atoms with Crippen molar-refractivity contribution >= 4 is 35.1 Å². The largest absolute Gasteiger partial charge is 0.454 e. The number of thioether (sulfide) groups is 1. The maximum absolute atomic E-state index is 12.2. The Labute approximate surface area is 204 Å². The van der Waals surface area contributed by atoms with E-state index in [4.69, 9.17) is 21.1 Å². The van der Waals surface area contributed by atoms with Crippen molar-refractivity contribution in [3.05, 3.63) is 35.0 Å². The van der Waals surface area contributed by atoms with Crippen LogP contribution < -0.4 is 19.7 Å². The van der Waals surface area contributed by atoms with Gasteiger partial charge in [0, 0.05) is 44.8 Å². The first-order valence-electron chi connectivity index (χ1n) is 11.2. The fourth-order valence-corrected chi connectivity index (χ4v) is 4.53. The number of aromatic nitrogens is 2. The van der Waals surface area contributed by atoms with Crippen LogP contribution in [-0.2, 0) is 11.3 Å². The van der Waals surface area contributed by atoms with Crippen LogP contribution in [0.3, 0.4) is 0 Å². The second-order valence-electron chi connectivity index (χ2n) is 8.67. The summed E-state index contributed by atoms with van der Waals surface area (Å²) in [4.78, 5) is 25.8. The molecule has 1 saturated heterocycles. The van der Waals surface area contributed by atoms with Crippen LogP contribution in [0.1, 0.15) is 26.3 Å². The molecule has 2 aliphatic heterocycles. The van der Waals surface area contributed by atoms with E-state index in [9.17, 15) is 4.79 Å². The van der Waals surface area contributed by atoms with Gasteiger partial charge in [0.05, 0.1) is 5.75 Å². The summed E-state index contributed by atoms with van der Waals surface area (Å²) >= 11 is 7.58. The zero-order valence-electron chi connectivity index (χ0n) is 19.2. The molecule has 2 aromatic rings. The fourth-order valence-electron chi connectivity index (χ4n) is 3.64. The first kappa shape index (κ1) is 23.9. The Hall–Kier alpha value is -2.23. The number of amides is 1. The van der Waals surface area contributed by atoms with Gasteiger partial charge in [0.15, 0.2) is 16.7 Å². The SMILES string of the molecule is CC(C)C(C)NC(=O)CSc1nc(Cl)cc(N2CCN(Cc3ccc4c(c3)OCO4)CC2)n1. The highest BCUT2D eigenvalue weighted by molar-refractivity contribution is 7.99. The molecular weight excluding hydrogens is 462 g/mol. The Morgan fingerprint density at radius 3 is 2.64 bits per heavy atom. The number of nitrogens with one attached hydrogen (secondary N) is 1. The van der Waals surface area contributed by atoms with E-state index in [0.717, 1.165) is 50.0 Å². The zero-order chi connectivity index (χ0) is 23.4. The average Bonchev–Trinajstić information content (AvgIpc) is 3.26. The van der Waals surface area contributed by atoms with Crippen LogP contribution >= 0.6 is 23.4 Å². The third-order valence-corrected chi connectivity index (χ3v) is 6.96. The van der Waals surface area contributed by atoms with E-state index in [-0.39, 0.29) is 17.7 Å². The quantitative estimate of drug-likeness (QED) is 0.342. The molecule has 4 rings (SSSR count). The van der Waals surface area contributed by atoms with E-state index >= 15 is 0 Å². The maximum Gasteiger partial charge on any atom is 0.231 e. The van der Waals surface area contributed by atoms with Gasteiger partial charge in [-0.3, -0.25) is 9.69 Å². The molecule has 8 nitrogen and oxygen atoms in total. The van der Waals surface area contributed by atoms with Gasteiger partial charge in [0.2, 0.25) is 12.7 Å². The molecule has 10 heteroatoms. The molecule has 178 valence electrons. The molecule has 33 heavy (non-hydrogen) atoms. The number of piperazine rings is 1. The Kier molecular flexibility index (Phi) is 7.82. The lowest BCUT2D eigenvalue weighted by Gasteiger charge is -2.35. The Balaban J connectivity index is 1.30. The Bertz CT molecular complexity index is 985. The lowest BCUT2D eigenvalue weighted by Crippen LogP contribution is -2.46. The molecule has 1 atom stereocenters. The fraction of sp³-hybridized carbons (Fsp3) is 0.522. The van der Waals surface area contributed by atoms with Crippen LogP contribution in [0.25, 0.3) is 0 Å². The summed E-state index contributed by atoms with van der Waals surface area (Å²) in [5.74, 6) is 3.06. The minimum atomic E-state index is -0.0246. The minimum absolute atomic E-state index is 0.0246. The normalized spacial score (nSPS) is 16.8. The number of benzene rings is 1. The third kappa shape index (κ3) is 6.43. The van der Waals surface area contributed by atoms with E-state index < -0.39 is 0 Å². The molecule has 1 fully saturated rings. The maximum atomic E-state index is 12.2. The molecule has 2 aliphatic rings. The van der Waals surface area contributed by atoms with Crippen LogP contribution in [0.4, 0.5) is 5.82 Å². The van der Waals surface area contributed by atoms with Gasteiger partial charge >= 0.3 is 0 Å². The third-order valence-electron chi connectivity index (χ3n) is 5.92. The number of carbonyl (C=O) groups is 1. The van der Waals surface area contributed by atoms with Gasteiger partial charge in [-0.1, -0.05) is 43.3 Å². The number of hydrogen-bond donors (Lipinski definition) is 1. The van der Waals surface area contributed by atoms with Gasteiger partial charge in [0.25, 0.3) is 0 Å². The highest BCUT2D eigenvalue weighted by Crippen LogP contribution is 2.33. The first-order chi connectivity index (χ1) is 15.9. The minimum Gasteiger partial charge on any atom is -0.454 e. The van der Waals surface area contributed by atoms with Crippen LogP contribution in [-0.4, -0.2) is 65.5 Å². The summed E-state index contributed by atoms with van der Waals surface area (Å²) in [6, 6.07) is 8.04. The van der Waals surface area contributed by atoms with Crippen molar-refractivity contribution in [2.24, 2.45) is 5.92 Å². The van der Waals surface area contributed by atoms with E-state index in [1.165, 1.54) is 17.3 Å². The summed E-state index contributed by atoms with van der Waals surface area (Å²) in [7, 11) is 0. The number of anilines is 1. The van der Waals surface area contributed by atoms with E-state index in [0.29, 0.717) is 23.0 Å². The number of ether oxygens (including phenoxy) is 2. The molecular formula is C23H30ClN5O3S. The molecule has 0 spiro atoms. The van der Waals surface area contributed by atoms with Gasteiger partial charge in [-0.25, -0.2) is 9.97 Å². The smallest absolute Gasteiger partial charge is 0.231 e. The molecule has 1 aromatic carbocycles. The second-order valence-corrected chi connectivity index (χ2v) is 10.0. The molecule has 0 bridgehead atoms. The van der Waals surface area contributed by atoms with E-state index in [1.54, 1.807) is 6.07 Å². The predicted molar refractivity (Wildman–Crippen MR) is 130 cm³/mol. The van der Waals surface area contributed by atoms with E-state index in [1.807, 2.05) is 13.0 Å². The first-order valence-corrected chi connectivity index (χ1v) is 12.6. The van der Waals surface area contributed by atoms with Gasteiger partial charge in [-0.15, -0.1) is 0 Å². The van der Waals surface area contributed by atoms with Gasteiger partial charge in [-0.2, -0.15) is 0 Å². The highest BCUT2D eigenvalue weighted by Gasteiger charge is 2.21. The van der Waals surface area contributed by atoms with Gasteiger partial charge in [0.1, 0.15) is 11.0 Å². The number of rotatable bonds is 8. The van der Waals surface area contributed by atoms with Crippen LogP contribution in [0.15, 0.2) is 29.4 Å².